The lowest BCUT2D eigenvalue weighted by molar-refractivity contribution is -0.385. The summed E-state index contributed by atoms with van der Waals surface area (Å²) in [6.45, 7) is 9.07. The van der Waals surface area contributed by atoms with E-state index in [0.717, 1.165) is 31.2 Å². The van der Waals surface area contributed by atoms with Crippen LogP contribution in [0.4, 0.5) is 5.69 Å². The molecule has 1 N–H and O–H groups in total. The van der Waals surface area contributed by atoms with E-state index in [2.05, 4.69) is 24.1 Å². The Hall–Kier alpha value is -1.46. The zero-order valence-electron chi connectivity index (χ0n) is 13.1. The lowest BCUT2D eigenvalue weighted by Gasteiger charge is -2.22. The van der Waals surface area contributed by atoms with Crippen LogP contribution in [-0.2, 0) is 0 Å². The second-order valence-electron chi connectivity index (χ2n) is 5.84. The van der Waals surface area contributed by atoms with Gasteiger partial charge in [0.25, 0.3) is 5.69 Å². The molecule has 0 radical (unpaired) electrons. The van der Waals surface area contributed by atoms with Crippen LogP contribution in [0.2, 0.25) is 0 Å². The minimum atomic E-state index is -0.308. The number of nitro groups is 1. The first kappa shape index (κ1) is 15.9. The van der Waals surface area contributed by atoms with Crippen molar-refractivity contribution in [3.63, 3.8) is 0 Å². The summed E-state index contributed by atoms with van der Waals surface area (Å²) in [5.74, 6) is 0. The molecule has 1 fully saturated rings. The van der Waals surface area contributed by atoms with Crippen LogP contribution in [0.1, 0.15) is 43.9 Å². The predicted molar refractivity (Wildman–Crippen MR) is 84.5 cm³/mol. The van der Waals surface area contributed by atoms with E-state index in [9.17, 15) is 10.1 Å². The number of nitrogens with zero attached hydrogens (tertiary/aromatic N) is 2. The maximum Gasteiger partial charge on any atom is 0.272 e. The van der Waals surface area contributed by atoms with Crippen molar-refractivity contribution in [1.82, 2.24) is 10.2 Å². The van der Waals surface area contributed by atoms with Crippen LogP contribution in [0, 0.1) is 17.0 Å². The Kier molecular flexibility index (Phi) is 5.31. The van der Waals surface area contributed by atoms with Crippen LogP contribution in [0.3, 0.4) is 0 Å². The Morgan fingerprint density at radius 3 is 2.76 bits per heavy atom. The van der Waals surface area contributed by atoms with Gasteiger partial charge in [-0.1, -0.05) is 19.1 Å². The molecule has 21 heavy (non-hydrogen) atoms. The molecular formula is C16H25N3O2. The van der Waals surface area contributed by atoms with Gasteiger partial charge in [0, 0.05) is 36.8 Å². The highest BCUT2D eigenvalue weighted by molar-refractivity contribution is 5.43. The molecule has 1 unspecified atom stereocenters. The third-order valence-corrected chi connectivity index (χ3v) is 4.25. The fourth-order valence-electron chi connectivity index (χ4n) is 2.67. The molecular weight excluding hydrogens is 266 g/mol. The van der Waals surface area contributed by atoms with Gasteiger partial charge in [-0.25, -0.2) is 0 Å². The Morgan fingerprint density at radius 1 is 1.48 bits per heavy atom. The monoisotopic (exact) mass is 291 g/mol. The summed E-state index contributed by atoms with van der Waals surface area (Å²) in [4.78, 5) is 13.2. The quantitative estimate of drug-likeness (QED) is 0.591. The summed E-state index contributed by atoms with van der Waals surface area (Å²) in [5, 5.41) is 14.5. The van der Waals surface area contributed by atoms with Crippen LogP contribution in [0.25, 0.3) is 0 Å². The standard InChI is InChI=1S/C16H25N3O2/c1-4-18(15-7-8-15)10-9-17-13(3)14-6-5-12(2)16(11-14)19(20)21/h5-6,11,13,15,17H,4,7-10H2,1-3H3. The van der Waals surface area contributed by atoms with Gasteiger partial charge in [0.2, 0.25) is 0 Å². The number of likely N-dealkylation sites (N-methyl/N-ethyl adjacent to an activating group) is 1. The van der Waals surface area contributed by atoms with Crippen molar-refractivity contribution in [1.29, 1.82) is 0 Å². The van der Waals surface area contributed by atoms with Crippen LogP contribution >= 0.6 is 0 Å². The molecule has 1 aromatic rings. The molecule has 1 atom stereocenters. The summed E-state index contributed by atoms with van der Waals surface area (Å²) < 4.78 is 0. The highest BCUT2D eigenvalue weighted by atomic mass is 16.6. The molecule has 0 saturated heterocycles. The first-order chi connectivity index (χ1) is 10.0. The van der Waals surface area contributed by atoms with Gasteiger partial charge in [0.1, 0.15) is 0 Å². The second-order valence-corrected chi connectivity index (χ2v) is 5.84. The third kappa shape index (κ3) is 4.25. The molecule has 116 valence electrons. The zero-order chi connectivity index (χ0) is 15.4. The Bertz CT molecular complexity index is 500. The van der Waals surface area contributed by atoms with Gasteiger partial charge in [-0.2, -0.15) is 0 Å². The molecule has 1 saturated carbocycles. The fraction of sp³-hybridized carbons (Fsp3) is 0.625. The van der Waals surface area contributed by atoms with Crippen LogP contribution in [0.5, 0.6) is 0 Å². The van der Waals surface area contributed by atoms with E-state index in [1.165, 1.54) is 12.8 Å². The van der Waals surface area contributed by atoms with Gasteiger partial charge in [-0.15, -0.1) is 0 Å². The van der Waals surface area contributed by atoms with E-state index < -0.39 is 0 Å². The van der Waals surface area contributed by atoms with Crippen LogP contribution < -0.4 is 5.32 Å². The average Bonchev–Trinajstić information content (AvgIpc) is 3.28. The first-order valence-electron chi connectivity index (χ1n) is 7.75. The van der Waals surface area contributed by atoms with Crippen molar-refractivity contribution in [2.45, 2.75) is 45.7 Å². The minimum Gasteiger partial charge on any atom is -0.309 e. The summed E-state index contributed by atoms with van der Waals surface area (Å²) in [6, 6.07) is 6.40. The van der Waals surface area contributed by atoms with E-state index in [4.69, 9.17) is 0 Å². The van der Waals surface area contributed by atoms with Crippen molar-refractivity contribution >= 4 is 5.69 Å². The van der Waals surface area contributed by atoms with Gasteiger partial charge >= 0.3 is 0 Å². The SMILES string of the molecule is CCN(CCNC(C)c1ccc(C)c([N+](=O)[O-])c1)C1CC1. The lowest BCUT2D eigenvalue weighted by Crippen LogP contribution is -2.34. The Morgan fingerprint density at radius 2 is 2.19 bits per heavy atom. The molecule has 0 amide bonds. The van der Waals surface area contributed by atoms with E-state index in [1.54, 1.807) is 13.0 Å². The van der Waals surface area contributed by atoms with Gasteiger partial charge in [0.05, 0.1) is 4.92 Å². The fourth-order valence-corrected chi connectivity index (χ4v) is 2.67. The van der Waals surface area contributed by atoms with Crippen LogP contribution in [-0.4, -0.2) is 35.5 Å². The van der Waals surface area contributed by atoms with Crippen molar-refractivity contribution in [2.75, 3.05) is 19.6 Å². The van der Waals surface area contributed by atoms with E-state index in [1.807, 2.05) is 12.1 Å². The summed E-state index contributed by atoms with van der Waals surface area (Å²) in [6.07, 6.45) is 2.65. The summed E-state index contributed by atoms with van der Waals surface area (Å²) in [5.41, 5.74) is 1.89. The highest BCUT2D eigenvalue weighted by Crippen LogP contribution is 2.26. The zero-order valence-corrected chi connectivity index (χ0v) is 13.1. The van der Waals surface area contributed by atoms with Gasteiger partial charge in [-0.05, 0) is 38.8 Å². The molecule has 1 aliphatic rings. The maximum absolute atomic E-state index is 11.0. The molecule has 5 nitrogen and oxygen atoms in total. The molecule has 1 aliphatic carbocycles. The predicted octanol–water partition coefficient (Wildman–Crippen LogP) is 3.04. The second kappa shape index (κ2) is 7.00. The number of hydrogen-bond donors (Lipinski definition) is 1. The molecule has 0 aromatic heterocycles. The maximum atomic E-state index is 11.0. The first-order valence-corrected chi connectivity index (χ1v) is 7.75. The third-order valence-electron chi connectivity index (χ3n) is 4.25. The molecule has 2 rings (SSSR count). The molecule has 0 spiro atoms. The topological polar surface area (TPSA) is 58.4 Å². The normalized spacial score (nSPS) is 16.2. The Labute approximate surface area is 126 Å². The summed E-state index contributed by atoms with van der Waals surface area (Å²) in [7, 11) is 0. The van der Waals surface area contributed by atoms with E-state index in [0.29, 0.717) is 5.56 Å². The number of benzene rings is 1. The highest BCUT2D eigenvalue weighted by Gasteiger charge is 2.27. The lowest BCUT2D eigenvalue weighted by atomic mass is 10.0. The number of nitrogens with one attached hydrogen (secondary N) is 1. The van der Waals surface area contributed by atoms with Crippen LogP contribution in [0.15, 0.2) is 18.2 Å². The smallest absolute Gasteiger partial charge is 0.272 e. The number of nitro benzene ring substituents is 1. The summed E-state index contributed by atoms with van der Waals surface area (Å²) >= 11 is 0. The number of hydrogen-bond acceptors (Lipinski definition) is 4. The number of aryl methyl sites for hydroxylation is 1. The van der Waals surface area contributed by atoms with Gasteiger partial charge in [-0.3, -0.25) is 15.0 Å². The van der Waals surface area contributed by atoms with Gasteiger partial charge < -0.3 is 5.32 Å². The average molecular weight is 291 g/mol. The number of rotatable bonds is 8. The molecule has 0 aliphatic heterocycles. The van der Waals surface area contributed by atoms with E-state index >= 15 is 0 Å². The molecule has 0 bridgehead atoms. The van der Waals surface area contributed by atoms with Crippen molar-refractivity contribution in [3.8, 4) is 0 Å². The van der Waals surface area contributed by atoms with Gasteiger partial charge in [0.15, 0.2) is 0 Å². The molecule has 0 heterocycles. The van der Waals surface area contributed by atoms with Crippen molar-refractivity contribution in [2.24, 2.45) is 0 Å². The van der Waals surface area contributed by atoms with Crippen molar-refractivity contribution in [3.05, 3.63) is 39.4 Å². The molecule has 1 aromatic carbocycles. The van der Waals surface area contributed by atoms with E-state index in [-0.39, 0.29) is 16.7 Å². The Balaban J connectivity index is 1.89. The van der Waals surface area contributed by atoms with Crippen molar-refractivity contribution < 1.29 is 4.92 Å². The molecule has 5 heteroatoms. The largest absolute Gasteiger partial charge is 0.309 e. The minimum absolute atomic E-state index is 0.127.